The van der Waals surface area contributed by atoms with Gasteiger partial charge in [0.1, 0.15) is 0 Å². The smallest absolute Gasteiger partial charge is 0.310 e. The normalized spacial score (nSPS) is 18.5. The number of nitro groups is 1. The van der Waals surface area contributed by atoms with E-state index in [0.29, 0.717) is 25.6 Å². The fourth-order valence-corrected chi connectivity index (χ4v) is 2.61. The van der Waals surface area contributed by atoms with E-state index >= 15 is 0 Å². The molecule has 7 heteroatoms. The van der Waals surface area contributed by atoms with Crippen LogP contribution in [0.4, 0.5) is 5.69 Å². The molecule has 0 aromatic heterocycles. The molecule has 114 valence electrons. The van der Waals surface area contributed by atoms with Crippen molar-refractivity contribution in [2.75, 3.05) is 26.8 Å². The van der Waals surface area contributed by atoms with Gasteiger partial charge in [0.15, 0.2) is 5.75 Å². The number of phenols is 1. The molecule has 0 bridgehead atoms. The summed E-state index contributed by atoms with van der Waals surface area (Å²) in [6, 6.07) is 3.68. The van der Waals surface area contributed by atoms with Crippen molar-refractivity contribution in [2.24, 2.45) is 5.92 Å². The van der Waals surface area contributed by atoms with Gasteiger partial charge in [-0.1, -0.05) is 0 Å². The number of likely N-dealkylation sites (tertiary alicyclic amines) is 1. The summed E-state index contributed by atoms with van der Waals surface area (Å²) in [7, 11) is 1.63. The number of piperidine rings is 1. The Balaban J connectivity index is 2.12. The lowest BCUT2D eigenvalue weighted by atomic mass is 9.98. The SMILES string of the molecule is COC[C@H]1CCCN(C(=O)c2ccc([N+](=O)[O-])c(O)c2)C1. The summed E-state index contributed by atoms with van der Waals surface area (Å²) < 4.78 is 5.12. The first kappa shape index (κ1) is 15.2. The Morgan fingerprint density at radius 3 is 2.95 bits per heavy atom. The molecule has 0 unspecified atom stereocenters. The van der Waals surface area contributed by atoms with E-state index in [-0.39, 0.29) is 11.5 Å². The third-order valence-electron chi connectivity index (χ3n) is 3.63. The number of ether oxygens (including phenoxy) is 1. The van der Waals surface area contributed by atoms with Crippen LogP contribution in [0.2, 0.25) is 0 Å². The minimum Gasteiger partial charge on any atom is -0.502 e. The van der Waals surface area contributed by atoms with E-state index in [4.69, 9.17) is 4.74 Å². The number of hydrogen-bond donors (Lipinski definition) is 1. The lowest BCUT2D eigenvalue weighted by Crippen LogP contribution is -2.41. The maximum Gasteiger partial charge on any atom is 0.310 e. The second-order valence-corrected chi connectivity index (χ2v) is 5.18. The Morgan fingerprint density at radius 1 is 1.57 bits per heavy atom. The summed E-state index contributed by atoms with van der Waals surface area (Å²) in [5.41, 5.74) is -0.140. The number of methoxy groups -OCH3 is 1. The lowest BCUT2D eigenvalue weighted by molar-refractivity contribution is -0.385. The number of aromatic hydroxyl groups is 1. The molecule has 1 heterocycles. The highest BCUT2D eigenvalue weighted by atomic mass is 16.6. The minimum atomic E-state index is -0.681. The summed E-state index contributed by atoms with van der Waals surface area (Å²) in [6.45, 7) is 1.86. The predicted octanol–water partition coefficient (Wildman–Crippen LogP) is 1.80. The molecule has 1 aromatic carbocycles. The van der Waals surface area contributed by atoms with Crippen LogP contribution in [-0.4, -0.2) is 47.6 Å². The highest BCUT2D eigenvalue weighted by Crippen LogP contribution is 2.27. The lowest BCUT2D eigenvalue weighted by Gasteiger charge is -2.32. The predicted molar refractivity (Wildman–Crippen MR) is 75.3 cm³/mol. The zero-order valence-corrected chi connectivity index (χ0v) is 11.8. The van der Waals surface area contributed by atoms with Crippen molar-refractivity contribution in [3.63, 3.8) is 0 Å². The third-order valence-corrected chi connectivity index (χ3v) is 3.63. The molecule has 21 heavy (non-hydrogen) atoms. The molecule has 1 aliphatic rings. The summed E-state index contributed by atoms with van der Waals surface area (Å²) in [4.78, 5) is 24.1. The second-order valence-electron chi connectivity index (χ2n) is 5.18. The molecule has 0 saturated carbocycles. The number of carbonyl (C=O) groups excluding carboxylic acids is 1. The molecule has 0 spiro atoms. The molecule has 0 aliphatic carbocycles. The van der Waals surface area contributed by atoms with Gasteiger partial charge in [0.2, 0.25) is 0 Å². The monoisotopic (exact) mass is 294 g/mol. The molecular formula is C14H18N2O5. The Bertz CT molecular complexity index is 544. The van der Waals surface area contributed by atoms with Gasteiger partial charge in [-0.15, -0.1) is 0 Å². The first-order valence-corrected chi connectivity index (χ1v) is 6.78. The summed E-state index contributed by atoms with van der Waals surface area (Å²) in [5, 5.41) is 20.3. The van der Waals surface area contributed by atoms with Gasteiger partial charge in [0.05, 0.1) is 11.5 Å². The van der Waals surface area contributed by atoms with Crippen LogP contribution in [0, 0.1) is 16.0 Å². The van der Waals surface area contributed by atoms with E-state index in [9.17, 15) is 20.0 Å². The molecule has 1 N–H and O–H groups in total. The Hall–Kier alpha value is -2.15. The first-order chi connectivity index (χ1) is 10.0. The Labute approximate surface area is 122 Å². The largest absolute Gasteiger partial charge is 0.502 e. The van der Waals surface area contributed by atoms with E-state index < -0.39 is 16.4 Å². The summed E-state index contributed by atoms with van der Waals surface area (Å²) >= 11 is 0. The van der Waals surface area contributed by atoms with Crippen molar-refractivity contribution in [1.82, 2.24) is 4.90 Å². The molecule has 1 aliphatic heterocycles. The standard InChI is InChI=1S/C14H18N2O5/c1-21-9-10-3-2-6-15(8-10)14(18)11-4-5-12(16(19)20)13(17)7-11/h4-5,7,10,17H,2-3,6,8-9H2,1H3/t10-/m0/s1. The van der Waals surface area contributed by atoms with Crippen LogP contribution in [0.3, 0.4) is 0 Å². The number of benzene rings is 1. The van der Waals surface area contributed by atoms with Crippen LogP contribution < -0.4 is 0 Å². The van der Waals surface area contributed by atoms with Gasteiger partial charge in [-0.3, -0.25) is 14.9 Å². The van der Waals surface area contributed by atoms with Crippen molar-refractivity contribution in [3.05, 3.63) is 33.9 Å². The molecule has 1 amide bonds. The van der Waals surface area contributed by atoms with E-state index in [2.05, 4.69) is 0 Å². The van der Waals surface area contributed by atoms with Crippen LogP contribution in [0.1, 0.15) is 23.2 Å². The highest BCUT2D eigenvalue weighted by molar-refractivity contribution is 5.95. The average Bonchev–Trinajstić information content (AvgIpc) is 2.46. The molecule has 1 saturated heterocycles. The van der Waals surface area contributed by atoms with Crippen LogP contribution in [0.5, 0.6) is 5.75 Å². The van der Waals surface area contributed by atoms with Crippen molar-refractivity contribution in [1.29, 1.82) is 0 Å². The van der Waals surface area contributed by atoms with E-state index in [1.165, 1.54) is 6.07 Å². The van der Waals surface area contributed by atoms with Crippen LogP contribution in [0.15, 0.2) is 18.2 Å². The highest BCUT2D eigenvalue weighted by Gasteiger charge is 2.25. The van der Waals surface area contributed by atoms with E-state index in [1.807, 2.05) is 0 Å². The quantitative estimate of drug-likeness (QED) is 0.675. The average molecular weight is 294 g/mol. The molecular weight excluding hydrogens is 276 g/mol. The number of hydrogen-bond acceptors (Lipinski definition) is 5. The number of rotatable bonds is 4. The van der Waals surface area contributed by atoms with Crippen LogP contribution in [-0.2, 0) is 4.74 Å². The van der Waals surface area contributed by atoms with Gasteiger partial charge in [-0.05, 0) is 30.9 Å². The molecule has 2 rings (SSSR count). The van der Waals surface area contributed by atoms with E-state index in [0.717, 1.165) is 25.0 Å². The van der Waals surface area contributed by atoms with Crippen molar-refractivity contribution in [3.8, 4) is 5.75 Å². The van der Waals surface area contributed by atoms with Gasteiger partial charge >= 0.3 is 5.69 Å². The van der Waals surface area contributed by atoms with Gasteiger partial charge in [-0.2, -0.15) is 0 Å². The van der Waals surface area contributed by atoms with Gasteiger partial charge in [-0.25, -0.2) is 0 Å². The molecule has 1 atom stereocenters. The number of nitrogens with zero attached hydrogens (tertiary/aromatic N) is 2. The van der Waals surface area contributed by atoms with Gasteiger partial charge in [0.25, 0.3) is 5.91 Å². The maximum atomic E-state index is 12.4. The number of nitro benzene ring substituents is 1. The second kappa shape index (κ2) is 6.53. The fourth-order valence-electron chi connectivity index (χ4n) is 2.61. The van der Waals surface area contributed by atoms with Crippen LogP contribution in [0.25, 0.3) is 0 Å². The topological polar surface area (TPSA) is 92.9 Å². The molecule has 1 aromatic rings. The van der Waals surface area contributed by atoms with Gasteiger partial charge in [0, 0.05) is 31.8 Å². The summed E-state index contributed by atoms with van der Waals surface area (Å²) in [6.07, 6.45) is 1.92. The van der Waals surface area contributed by atoms with E-state index in [1.54, 1.807) is 12.0 Å². The first-order valence-electron chi connectivity index (χ1n) is 6.78. The Kier molecular flexibility index (Phi) is 4.74. The minimum absolute atomic E-state index is 0.221. The zero-order valence-electron chi connectivity index (χ0n) is 11.8. The van der Waals surface area contributed by atoms with Gasteiger partial charge < -0.3 is 14.7 Å². The Morgan fingerprint density at radius 2 is 2.33 bits per heavy atom. The third kappa shape index (κ3) is 3.49. The number of carbonyl (C=O) groups is 1. The number of phenolic OH excluding ortho intramolecular Hbond substituents is 1. The fraction of sp³-hybridized carbons (Fsp3) is 0.500. The molecule has 0 radical (unpaired) electrons. The maximum absolute atomic E-state index is 12.4. The van der Waals surface area contributed by atoms with Crippen molar-refractivity contribution in [2.45, 2.75) is 12.8 Å². The van der Waals surface area contributed by atoms with Crippen molar-refractivity contribution < 1.29 is 19.6 Å². The summed E-state index contributed by atoms with van der Waals surface area (Å²) in [5.74, 6) is -0.406. The molecule has 1 fully saturated rings. The number of amides is 1. The van der Waals surface area contributed by atoms with Crippen LogP contribution >= 0.6 is 0 Å². The van der Waals surface area contributed by atoms with Crippen molar-refractivity contribution >= 4 is 11.6 Å². The molecule has 7 nitrogen and oxygen atoms in total. The zero-order chi connectivity index (χ0) is 15.4.